The number of rotatable bonds is 3. The summed E-state index contributed by atoms with van der Waals surface area (Å²) in [7, 11) is 0. The van der Waals surface area contributed by atoms with Crippen LogP contribution in [0.25, 0.3) is 0 Å². The fourth-order valence-electron chi connectivity index (χ4n) is 2.19. The molecule has 3 nitrogen and oxygen atoms in total. The number of nitrogens with two attached hydrogens (primary N) is 1. The van der Waals surface area contributed by atoms with Gasteiger partial charge in [-0.3, -0.25) is 5.32 Å². The van der Waals surface area contributed by atoms with Crippen LogP contribution in [-0.2, 0) is 4.74 Å². The van der Waals surface area contributed by atoms with Gasteiger partial charge in [0.25, 0.3) is 0 Å². The van der Waals surface area contributed by atoms with Gasteiger partial charge in [0.1, 0.15) is 0 Å². The Morgan fingerprint density at radius 1 is 1.47 bits per heavy atom. The molecule has 1 fully saturated rings. The van der Waals surface area contributed by atoms with E-state index in [4.69, 9.17) is 10.5 Å². The van der Waals surface area contributed by atoms with E-state index in [-0.39, 0.29) is 11.1 Å². The Hall–Kier alpha value is -0.560. The molecule has 0 aliphatic carbocycles. The summed E-state index contributed by atoms with van der Waals surface area (Å²) in [6.07, 6.45) is 1.92. The highest BCUT2D eigenvalue weighted by atomic mass is 16.5. The maximum Gasteiger partial charge on any atom is 0.0644 e. The van der Waals surface area contributed by atoms with Crippen LogP contribution in [0.15, 0.2) is 0 Å². The standard InChI is InChI=1S/C12H22N2O/c1-4-5-7-14-12(10-13)6-8-15-11(2,3)9-12/h14H,6-10,13H2,1-3H3. The average Bonchev–Trinajstić information content (AvgIpc) is 2.17. The predicted molar refractivity (Wildman–Crippen MR) is 62.5 cm³/mol. The van der Waals surface area contributed by atoms with Gasteiger partial charge in [-0.05, 0) is 33.6 Å². The molecule has 0 radical (unpaired) electrons. The van der Waals surface area contributed by atoms with Gasteiger partial charge < -0.3 is 10.5 Å². The summed E-state index contributed by atoms with van der Waals surface area (Å²) in [5.41, 5.74) is 5.80. The highest BCUT2D eigenvalue weighted by molar-refractivity contribution is 5.03. The molecular weight excluding hydrogens is 188 g/mol. The molecule has 0 aromatic carbocycles. The lowest BCUT2D eigenvalue weighted by Gasteiger charge is -2.44. The average molecular weight is 210 g/mol. The van der Waals surface area contributed by atoms with Crippen molar-refractivity contribution in [3.8, 4) is 11.8 Å². The van der Waals surface area contributed by atoms with Crippen molar-refractivity contribution >= 4 is 0 Å². The molecule has 3 N–H and O–H groups in total. The van der Waals surface area contributed by atoms with E-state index in [0.29, 0.717) is 13.1 Å². The molecule has 1 aliphatic rings. The number of ether oxygens (including phenoxy) is 1. The number of hydrogen-bond donors (Lipinski definition) is 2. The number of hydrogen-bond acceptors (Lipinski definition) is 3. The van der Waals surface area contributed by atoms with Crippen LogP contribution in [0.4, 0.5) is 0 Å². The second-order valence-electron chi connectivity index (χ2n) is 4.80. The van der Waals surface area contributed by atoms with Crippen LogP contribution in [0.2, 0.25) is 0 Å². The van der Waals surface area contributed by atoms with E-state index >= 15 is 0 Å². The van der Waals surface area contributed by atoms with Gasteiger partial charge in [0.05, 0.1) is 12.1 Å². The fourth-order valence-corrected chi connectivity index (χ4v) is 2.19. The Labute approximate surface area is 92.8 Å². The van der Waals surface area contributed by atoms with Crippen LogP contribution >= 0.6 is 0 Å². The Morgan fingerprint density at radius 2 is 2.20 bits per heavy atom. The Bertz CT molecular complexity index is 265. The molecule has 0 aromatic heterocycles. The minimum absolute atomic E-state index is 0.00556. The van der Waals surface area contributed by atoms with E-state index in [1.807, 2.05) is 6.92 Å². The zero-order chi connectivity index (χ0) is 11.4. The van der Waals surface area contributed by atoms with Gasteiger partial charge in [-0.1, -0.05) is 5.92 Å². The maximum absolute atomic E-state index is 5.88. The van der Waals surface area contributed by atoms with Crippen molar-refractivity contribution in [2.24, 2.45) is 5.73 Å². The van der Waals surface area contributed by atoms with Gasteiger partial charge in [0, 0.05) is 18.7 Å². The third-order valence-electron chi connectivity index (χ3n) is 2.96. The van der Waals surface area contributed by atoms with Gasteiger partial charge in [-0.2, -0.15) is 0 Å². The topological polar surface area (TPSA) is 47.3 Å². The molecule has 1 rings (SSSR count). The van der Waals surface area contributed by atoms with Crippen LogP contribution in [-0.4, -0.2) is 30.8 Å². The summed E-state index contributed by atoms with van der Waals surface area (Å²) >= 11 is 0. The largest absolute Gasteiger partial charge is 0.375 e. The third kappa shape index (κ3) is 3.49. The molecule has 0 aromatic rings. The van der Waals surface area contributed by atoms with Gasteiger partial charge in [0.15, 0.2) is 0 Å². The molecule has 0 amide bonds. The molecule has 1 heterocycles. The summed E-state index contributed by atoms with van der Waals surface area (Å²) in [5, 5.41) is 3.46. The zero-order valence-electron chi connectivity index (χ0n) is 10.0. The van der Waals surface area contributed by atoms with Gasteiger partial charge in [0.2, 0.25) is 0 Å². The highest BCUT2D eigenvalue weighted by Gasteiger charge is 2.39. The van der Waals surface area contributed by atoms with Crippen molar-refractivity contribution in [3.63, 3.8) is 0 Å². The summed E-state index contributed by atoms with van der Waals surface area (Å²) in [4.78, 5) is 0. The molecular formula is C12H22N2O. The van der Waals surface area contributed by atoms with Gasteiger partial charge >= 0.3 is 0 Å². The zero-order valence-corrected chi connectivity index (χ0v) is 10.0. The van der Waals surface area contributed by atoms with E-state index in [1.165, 1.54) is 0 Å². The molecule has 1 atom stereocenters. The molecule has 0 spiro atoms. The first-order valence-electron chi connectivity index (χ1n) is 5.52. The normalized spacial score (nSPS) is 29.3. The van der Waals surface area contributed by atoms with E-state index in [2.05, 4.69) is 31.0 Å². The molecule has 86 valence electrons. The van der Waals surface area contributed by atoms with Gasteiger partial charge in [-0.25, -0.2) is 0 Å². The quantitative estimate of drug-likeness (QED) is 0.680. The smallest absolute Gasteiger partial charge is 0.0644 e. The Kier molecular flexibility index (Phi) is 4.15. The lowest BCUT2D eigenvalue weighted by Crippen LogP contribution is -2.59. The van der Waals surface area contributed by atoms with E-state index in [1.54, 1.807) is 0 Å². The third-order valence-corrected chi connectivity index (χ3v) is 2.96. The van der Waals surface area contributed by atoms with Crippen LogP contribution in [0.3, 0.4) is 0 Å². The van der Waals surface area contributed by atoms with E-state index < -0.39 is 0 Å². The van der Waals surface area contributed by atoms with Crippen molar-refractivity contribution in [1.29, 1.82) is 0 Å². The van der Waals surface area contributed by atoms with Crippen LogP contribution in [0.1, 0.15) is 33.6 Å². The predicted octanol–water partition coefficient (Wildman–Crippen LogP) is 0.886. The molecule has 15 heavy (non-hydrogen) atoms. The van der Waals surface area contributed by atoms with E-state index in [9.17, 15) is 0 Å². The first-order valence-corrected chi connectivity index (χ1v) is 5.52. The lowest BCUT2D eigenvalue weighted by atomic mass is 9.81. The van der Waals surface area contributed by atoms with Crippen LogP contribution < -0.4 is 11.1 Å². The van der Waals surface area contributed by atoms with Crippen molar-refractivity contribution in [2.75, 3.05) is 19.7 Å². The summed E-state index contributed by atoms with van der Waals surface area (Å²) in [6, 6.07) is 0. The van der Waals surface area contributed by atoms with Crippen molar-refractivity contribution in [3.05, 3.63) is 0 Å². The minimum atomic E-state index is -0.0791. The van der Waals surface area contributed by atoms with E-state index in [0.717, 1.165) is 19.4 Å². The molecule has 1 unspecified atom stereocenters. The first-order chi connectivity index (χ1) is 7.04. The Balaban J connectivity index is 2.61. The molecule has 0 saturated carbocycles. The molecule has 3 heteroatoms. The van der Waals surface area contributed by atoms with Gasteiger partial charge in [-0.15, -0.1) is 5.92 Å². The first kappa shape index (κ1) is 12.5. The second-order valence-corrected chi connectivity index (χ2v) is 4.80. The summed E-state index contributed by atoms with van der Waals surface area (Å²) < 4.78 is 5.70. The molecule has 0 bridgehead atoms. The second kappa shape index (κ2) is 4.98. The Morgan fingerprint density at radius 3 is 2.73 bits per heavy atom. The summed E-state index contributed by atoms with van der Waals surface area (Å²) in [6.45, 7) is 8.21. The molecule has 1 saturated heterocycles. The lowest BCUT2D eigenvalue weighted by molar-refractivity contribution is -0.0849. The molecule has 1 aliphatic heterocycles. The number of nitrogens with one attached hydrogen (secondary N) is 1. The van der Waals surface area contributed by atoms with Crippen molar-refractivity contribution in [2.45, 2.75) is 44.8 Å². The van der Waals surface area contributed by atoms with Crippen molar-refractivity contribution < 1.29 is 4.74 Å². The monoisotopic (exact) mass is 210 g/mol. The fraction of sp³-hybridized carbons (Fsp3) is 0.833. The van der Waals surface area contributed by atoms with Crippen LogP contribution in [0.5, 0.6) is 0 Å². The highest BCUT2D eigenvalue weighted by Crippen LogP contribution is 2.31. The summed E-state index contributed by atoms with van der Waals surface area (Å²) in [5.74, 6) is 5.91. The SMILES string of the molecule is CC#CCNC1(CN)CCOC(C)(C)C1. The van der Waals surface area contributed by atoms with Crippen LogP contribution in [0, 0.1) is 11.8 Å². The maximum atomic E-state index is 5.88. The minimum Gasteiger partial charge on any atom is -0.375 e. The van der Waals surface area contributed by atoms with Crippen molar-refractivity contribution in [1.82, 2.24) is 5.32 Å².